The normalized spacial score (nSPS) is 43.2. The molecule has 1 aromatic rings. The highest BCUT2D eigenvalue weighted by Gasteiger charge is 2.53. The van der Waals surface area contributed by atoms with E-state index in [4.69, 9.17) is 4.42 Å². The molecular weight excluding hydrogens is 210 g/mol. The number of hydrogen-bond donors (Lipinski definition) is 1. The molecule has 0 aromatic carbocycles. The van der Waals surface area contributed by atoms with Gasteiger partial charge < -0.3 is 9.73 Å². The summed E-state index contributed by atoms with van der Waals surface area (Å²) in [6.45, 7) is 0.988. The summed E-state index contributed by atoms with van der Waals surface area (Å²) in [6, 6.07) is 2.85. The van der Waals surface area contributed by atoms with Crippen LogP contribution in [0, 0.1) is 23.7 Å². The number of nitrogens with one attached hydrogen (secondary N) is 1. The third kappa shape index (κ3) is 1.57. The van der Waals surface area contributed by atoms with Crippen LogP contribution in [0.3, 0.4) is 0 Å². The molecule has 4 rings (SSSR count). The lowest BCUT2D eigenvalue weighted by Gasteiger charge is -2.32. The Kier molecular flexibility index (Phi) is 2.32. The maximum Gasteiger partial charge on any atom is 0.0947 e. The third-order valence-electron chi connectivity index (χ3n) is 5.58. The summed E-state index contributed by atoms with van der Waals surface area (Å²) >= 11 is 0. The lowest BCUT2D eigenvalue weighted by atomic mass is 9.79. The van der Waals surface area contributed by atoms with Gasteiger partial charge in [-0.05, 0) is 55.4 Å². The van der Waals surface area contributed by atoms with Crippen molar-refractivity contribution in [3.8, 4) is 0 Å². The predicted molar refractivity (Wildman–Crippen MR) is 66.4 cm³/mol. The van der Waals surface area contributed by atoms with E-state index >= 15 is 0 Å². The maximum atomic E-state index is 5.12. The monoisotopic (exact) mass is 231 g/mol. The molecule has 3 saturated carbocycles. The van der Waals surface area contributed by atoms with Crippen LogP contribution < -0.4 is 5.32 Å². The minimum atomic E-state index is 0.786. The molecule has 5 atom stereocenters. The first-order valence-electron chi connectivity index (χ1n) is 7.16. The quantitative estimate of drug-likeness (QED) is 0.864. The highest BCUT2D eigenvalue weighted by Crippen LogP contribution is 2.58. The summed E-state index contributed by atoms with van der Waals surface area (Å²) in [6.07, 6.45) is 11.1. The van der Waals surface area contributed by atoms with Crippen LogP contribution >= 0.6 is 0 Å². The summed E-state index contributed by atoms with van der Waals surface area (Å²) < 4.78 is 5.12. The molecule has 1 heterocycles. The molecule has 17 heavy (non-hydrogen) atoms. The van der Waals surface area contributed by atoms with Crippen LogP contribution in [0.5, 0.6) is 0 Å². The predicted octanol–water partition coefficient (Wildman–Crippen LogP) is 3.19. The van der Waals surface area contributed by atoms with Gasteiger partial charge in [0.05, 0.1) is 12.5 Å². The second-order valence-corrected chi connectivity index (χ2v) is 6.27. The van der Waals surface area contributed by atoms with Gasteiger partial charge in [-0.25, -0.2) is 0 Å². The van der Waals surface area contributed by atoms with Gasteiger partial charge in [0.1, 0.15) is 0 Å². The molecule has 2 bridgehead atoms. The molecule has 3 fully saturated rings. The van der Waals surface area contributed by atoms with Crippen molar-refractivity contribution in [3.05, 3.63) is 24.2 Å². The zero-order chi connectivity index (χ0) is 11.2. The van der Waals surface area contributed by atoms with Crippen LogP contribution in [0.2, 0.25) is 0 Å². The van der Waals surface area contributed by atoms with Crippen molar-refractivity contribution < 1.29 is 4.42 Å². The van der Waals surface area contributed by atoms with E-state index in [1.54, 1.807) is 6.26 Å². The second-order valence-electron chi connectivity index (χ2n) is 6.27. The number of rotatable bonds is 3. The van der Waals surface area contributed by atoms with Gasteiger partial charge in [0.2, 0.25) is 0 Å². The topological polar surface area (TPSA) is 25.2 Å². The van der Waals surface area contributed by atoms with Gasteiger partial charge in [-0.15, -0.1) is 0 Å². The lowest BCUT2D eigenvalue weighted by Crippen LogP contribution is -2.38. The largest absolute Gasteiger partial charge is 0.472 e. The molecule has 92 valence electrons. The maximum absolute atomic E-state index is 5.12. The minimum absolute atomic E-state index is 0.786. The van der Waals surface area contributed by atoms with E-state index in [1.807, 2.05) is 6.26 Å². The molecule has 0 saturated heterocycles. The average Bonchev–Trinajstić information content (AvgIpc) is 3.08. The number of hydrogen-bond acceptors (Lipinski definition) is 2. The first kappa shape index (κ1) is 10.2. The van der Waals surface area contributed by atoms with Gasteiger partial charge in [-0.2, -0.15) is 0 Å². The molecule has 0 aliphatic heterocycles. The molecule has 3 aliphatic rings. The Bertz CT molecular complexity index is 386. The van der Waals surface area contributed by atoms with Gasteiger partial charge in [0, 0.05) is 18.2 Å². The Labute approximate surface area is 103 Å². The average molecular weight is 231 g/mol. The molecule has 0 radical (unpaired) electrons. The van der Waals surface area contributed by atoms with E-state index in [2.05, 4.69) is 11.4 Å². The Morgan fingerprint density at radius 3 is 3.00 bits per heavy atom. The highest BCUT2D eigenvalue weighted by atomic mass is 16.3. The van der Waals surface area contributed by atoms with E-state index in [1.165, 1.54) is 37.7 Å². The van der Waals surface area contributed by atoms with Crippen molar-refractivity contribution in [3.63, 3.8) is 0 Å². The first-order valence-corrected chi connectivity index (χ1v) is 7.16. The molecule has 1 N–H and O–H groups in total. The van der Waals surface area contributed by atoms with Crippen LogP contribution in [-0.2, 0) is 6.54 Å². The molecule has 0 unspecified atom stereocenters. The van der Waals surface area contributed by atoms with Crippen LogP contribution in [-0.4, -0.2) is 6.04 Å². The standard InChI is InChI=1S/C15H21NO/c1-2-12-11-6-14(13(12)3-1)15(7-11)16-8-10-4-5-17-9-10/h4-5,9,11-16H,1-3,6-8H2/t11-,12+,13+,14-,15+/m0/s1. The molecule has 1 aromatic heterocycles. The van der Waals surface area contributed by atoms with Crippen LogP contribution in [0.4, 0.5) is 0 Å². The van der Waals surface area contributed by atoms with Gasteiger partial charge in [-0.3, -0.25) is 0 Å². The molecule has 2 heteroatoms. The minimum Gasteiger partial charge on any atom is -0.472 e. The Hall–Kier alpha value is -0.760. The molecule has 0 spiro atoms. The van der Waals surface area contributed by atoms with Crippen LogP contribution in [0.1, 0.15) is 37.7 Å². The van der Waals surface area contributed by atoms with Crippen LogP contribution in [0.25, 0.3) is 0 Å². The van der Waals surface area contributed by atoms with Gasteiger partial charge >= 0.3 is 0 Å². The highest BCUT2D eigenvalue weighted by molar-refractivity contribution is 5.08. The summed E-state index contributed by atoms with van der Waals surface area (Å²) in [5.41, 5.74) is 1.29. The van der Waals surface area contributed by atoms with Crippen molar-refractivity contribution in [2.24, 2.45) is 23.7 Å². The van der Waals surface area contributed by atoms with Gasteiger partial charge in [-0.1, -0.05) is 6.42 Å². The summed E-state index contributed by atoms with van der Waals surface area (Å²) in [5.74, 6) is 4.20. The Morgan fingerprint density at radius 1 is 1.18 bits per heavy atom. The van der Waals surface area contributed by atoms with Gasteiger partial charge in [0.25, 0.3) is 0 Å². The fourth-order valence-electron chi connectivity index (χ4n) is 4.94. The van der Waals surface area contributed by atoms with Crippen LogP contribution in [0.15, 0.2) is 23.0 Å². The molecule has 2 nitrogen and oxygen atoms in total. The second kappa shape index (κ2) is 3.88. The number of fused-ring (bicyclic) bond motifs is 5. The SMILES string of the molecule is c1cc(CN[C@@H]2C[C@@H]3C[C@H]2[C@@H]2CCC[C@H]32)co1. The summed E-state index contributed by atoms with van der Waals surface area (Å²) in [7, 11) is 0. The Balaban J connectivity index is 1.41. The summed E-state index contributed by atoms with van der Waals surface area (Å²) in [5, 5.41) is 3.77. The van der Waals surface area contributed by atoms with Gasteiger partial charge in [0.15, 0.2) is 0 Å². The first-order chi connectivity index (χ1) is 8.42. The van der Waals surface area contributed by atoms with Crippen molar-refractivity contribution in [1.29, 1.82) is 0 Å². The molecular formula is C15H21NO. The van der Waals surface area contributed by atoms with E-state index in [9.17, 15) is 0 Å². The smallest absolute Gasteiger partial charge is 0.0947 e. The molecule has 3 aliphatic carbocycles. The zero-order valence-corrected chi connectivity index (χ0v) is 10.3. The van der Waals surface area contributed by atoms with E-state index in [-0.39, 0.29) is 0 Å². The van der Waals surface area contributed by atoms with Crippen molar-refractivity contribution in [2.75, 3.05) is 0 Å². The number of furan rings is 1. The van der Waals surface area contributed by atoms with Crippen molar-refractivity contribution in [1.82, 2.24) is 5.32 Å². The zero-order valence-electron chi connectivity index (χ0n) is 10.3. The fraction of sp³-hybridized carbons (Fsp3) is 0.733. The fourth-order valence-corrected chi connectivity index (χ4v) is 4.94. The van der Waals surface area contributed by atoms with E-state index in [0.717, 1.165) is 36.3 Å². The molecule has 0 amide bonds. The van der Waals surface area contributed by atoms with Crippen molar-refractivity contribution >= 4 is 0 Å². The van der Waals surface area contributed by atoms with Crippen molar-refractivity contribution in [2.45, 2.75) is 44.7 Å². The summed E-state index contributed by atoms with van der Waals surface area (Å²) in [4.78, 5) is 0. The third-order valence-corrected chi connectivity index (χ3v) is 5.58. The Morgan fingerprint density at radius 2 is 2.12 bits per heavy atom. The van der Waals surface area contributed by atoms with E-state index < -0.39 is 0 Å². The lowest BCUT2D eigenvalue weighted by molar-refractivity contribution is 0.208. The van der Waals surface area contributed by atoms with E-state index in [0.29, 0.717) is 0 Å².